The van der Waals surface area contributed by atoms with Crippen molar-refractivity contribution in [3.05, 3.63) is 22.2 Å². The van der Waals surface area contributed by atoms with Crippen LogP contribution >= 0.6 is 0 Å². The summed E-state index contributed by atoms with van der Waals surface area (Å²) in [5.41, 5.74) is -2.23. The van der Waals surface area contributed by atoms with Gasteiger partial charge in [0.2, 0.25) is 0 Å². The fraction of sp³-hybridized carbons (Fsp3) is 0.556. The molecule has 0 amide bonds. The number of aromatic nitrogens is 1. The van der Waals surface area contributed by atoms with Crippen molar-refractivity contribution >= 4 is 6.01 Å². The van der Waals surface area contributed by atoms with Crippen LogP contribution < -0.4 is 10.5 Å². The molecule has 1 aliphatic rings. The highest BCUT2D eigenvalue weighted by Gasteiger charge is 2.34. The molecule has 0 spiro atoms. The van der Waals surface area contributed by atoms with Gasteiger partial charge < -0.3 is 9.32 Å². The lowest BCUT2D eigenvalue weighted by Gasteiger charge is -2.14. The zero-order valence-electron chi connectivity index (χ0n) is 8.25. The topological polar surface area (TPSA) is 46.3 Å². The van der Waals surface area contributed by atoms with Crippen molar-refractivity contribution in [2.75, 3.05) is 18.0 Å². The molecule has 0 unspecified atom stereocenters. The summed E-state index contributed by atoms with van der Waals surface area (Å²) < 4.78 is 41.8. The van der Waals surface area contributed by atoms with E-state index in [2.05, 4.69) is 9.40 Å². The molecule has 1 aromatic heterocycles. The predicted molar refractivity (Wildman–Crippen MR) is 49.2 cm³/mol. The molecule has 4 nitrogen and oxygen atoms in total. The van der Waals surface area contributed by atoms with Crippen molar-refractivity contribution in [3.63, 3.8) is 0 Å². The summed E-state index contributed by atoms with van der Waals surface area (Å²) >= 11 is 0. The molecule has 0 atom stereocenters. The van der Waals surface area contributed by atoms with E-state index >= 15 is 0 Å². The lowest BCUT2D eigenvalue weighted by molar-refractivity contribution is -0.141. The first-order valence-corrected chi connectivity index (χ1v) is 4.81. The zero-order chi connectivity index (χ0) is 11.8. The van der Waals surface area contributed by atoms with Crippen molar-refractivity contribution < 1.29 is 17.6 Å². The van der Waals surface area contributed by atoms with Crippen LogP contribution in [-0.4, -0.2) is 18.1 Å². The maximum Gasteiger partial charge on any atom is 0.433 e. The minimum atomic E-state index is -4.62. The second-order valence-electron chi connectivity index (χ2n) is 3.54. The molecular weight excluding hydrogens is 225 g/mol. The largest absolute Gasteiger partial charge is 0.433 e. The van der Waals surface area contributed by atoms with Crippen LogP contribution in [-0.2, 0) is 6.18 Å². The normalized spacial score (nSPS) is 16.8. The maximum absolute atomic E-state index is 12.4. The molecule has 0 N–H and O–H groups in total. The Labute approximate surface area is 88.7 Å². The summed E-state index contributed by atoms with van der Waals surface area (Å²) in [5, 5.41) is 0. The summed E-state index contributed by atoms with van der Waals surface area (Å²) in [5.74, 6) is 0. The van der Waals surface area contributed by atoms with E-state index in [1.54, 1.807) is 0 Å². The van der Waals surface area contributed by atoms with Crippen molar-refractivity contribution in [2.24, 2.45) is 0 Å². The van der Waals surface area contributed by atoms with Crippen LogP contribution in [0.25, 0.3) is 0 Å². The fourth-order valence-corrected chi connectivity index (χ4v) is 1.58. The quantitative estimate of drug-likeness (QED) is 0.741. The average Bonchev–Trinajstić information content (AvgIpc) is 2.68. The summed E-state index contributed by atoms with van der Waals surface area (Å²) in [6, 6.07) is 0.122. The van der Waals surface area contributed by atoms with E-state index in [-0.39, 0.29) is 6.01 Å². The van der Waals surface area contributed by atoms with Gasteiger partial charge in [-0.3, -0.25) is 0 Å². The number of rotatable bonds is 1. The molecule has 1 fully saturated rings. The number of halogens is 3. The Morgan fingerprint density at radius 2 is 1.94 bits per heavy atom. The molecule has 7 heteroatoms. The van der Waals surface area contributed by atoms with Gasteiger partial charge in [-0.2, -0.15) is 18.2 Å². The number of alkyl halides is 3. The molecular formula is C9H9F3N2O2. The predicted octanol–water partition coefficient (Wildman–Crippen LogP) is 1.65. The molecule has 0 aromatic carbocycles. The molecule has 2 rings (SSSR count). The molecule has 0 saturated carbocycles. The highest BCUT2D eigenvalue weighted by atomic mass is 19.4. The van der Waals surface area contributed by atoms with E-state index < -0.39 is 17.5 Å². The Kier molecular flexibility index (Phi) is 2.61. The molecule has 1 saturated heterocycles. The molecule has 0 radical (unpaired) electrons. The van der Waals surface area contributed by atoms with Gasteiger partial charge in [0.05, 0.1) is 6.07 Å². The highest BCUT2D eigenvalue weighted by Crippen LogP contribution is 2.28. The van der Waals surface area contributed by atoms with Crippen LogP contribution in [0.15, 0.2) is 15.3 Å². The van der Waals surface area contributed by atoms with E-state index in [1.807, 2.05) is 0 Å². The maximum atomic E-state index is 12.4. The third-order valence-electron chi connectivity index (χ3n) is 2.33. The Balaban J connectivity index is 2.39. The summed E-state index contributed by atoms with van der Waals surface area (Å²) in [6.45, 7) is 1.13. The van der Waals surface area contributed by atoms with Crippen molar-refractivity contribution in [1.82, 2.24) is 4.98 Å². The monoisotopic (exact) mass is 234 g/mol. The van der Waals surface area contributed by atoms with E-state index in [1.165, 1.54) is 4.90 Å². The van der Waals surface area contributed by atoms with Crippen LogP contribution in [0, 0.1) is 0 Å². The first kappa shape index (κ1) is 11.0. The first-order chi connectivity index (χ1) is 7.47. The van der Waals surface area contributed by atoms with Gasteiger partial charge in [-0.15, -0.1) is 0 Å². The molecule has 1 aliphatic heterocycles. The van der Waals surface area contributed by atoms with Crippen molar-refractivity contribution in [2.45, 2.75) is 19.0 Å². The van der Waals surface area contributed by atoms with Crippen LogP contribution in [0.2, 0.25) is 0 Å². The number of nitrogens with zero attached hydrogens (tertiary/aromatic N) is 2. The zero-order valence-corrected chi connectivity index (χ0v) is 8.25. The minimum Gasteiger partial charge on any atom is -0.389 e. The SMILES string of the molecule is O=c1cc(C(F)(F)F)nc(N2CCCC2)o1. The van der Waals surface area contributed by atoms with Gasteiger partial charge in [-0.1, -0.05) is 0 Å². The smallest absolute Gasteiger partial charge is 0.389 e. The van der Waals surface area contributed by atoms with E-state index in [0.29, 0.717) is 19.2 Å². The highest BCUT2D eigenvalue weighted by molar-refractivity contribution is 5.28. The third kappa shape index (κ3) is 2.17. The number of anilines is 1. The van der Waals surface area contributed by atoms with Gasteiger partial charge >= 0.3 is 17.8 Å². The van der Waals surface area contributed by atoms with Gasteiger partial charge in [0.1, 0.15) is 0 Å². The van der Waals surface area contributed by atoms with Gasteiger partial charge in [0.15, 0.2) is 5.69 Å². The van der Waals surface area contributed by atoms with E-state index in [4.69, 9.17) is 0 Å². The van der Waals surface area contributed by atoms with Gasteiger partial charge in [-0.25, -0.2) is 4.79 Å². The average molecular weight is 234 g/mol. The van der Waals surface area contributed by atoms with Crippen LogP contribution in [0.1, 0.15) is 18.5 Å². The van der Waals surface area contributed by atoms with Gasteiger partial charge in [0, 0.05) is 13.1 Å². The van der Waals surface area contributed by atoms with Crippen molar-refractivity contribution in [3.8, 4) is 0 Å². The van der Waals surface area contributed by atoms with E-state index in [9.17, 15) is 18.0 Å². The Morgan fingerprint density at radius 1 is 1.31 bits per heavy atom. The second kappa shape index (κ2) is 3.80. The molecule has 0 bridgehead atoms. The van der Waals surface area contributed by atoms with Crippen LogP contribution in [0.5, 0.6) is 0 Å². The van der Waals surface area contributed by atoms with Crippen LogP contribution in [0.3, 0.4) is 0 Å². The first-order valence-electron chi connectivity index (χ1n) is 4.81. The summed E-state index contributed by atoms with van der Waals surface area (Å²) in [4.78, 5) is 15.8. The standard InChI is InChI=1S/C9H9F3N2O2/c10-9(11,12)6-5-7(15)16-8(13-6)14-3-1-2-4-14/h5H,1-4H2. The van der Waals surface area contributed by atoms with Crippen molar-refractivity contribution in [1.29, 1.82) is 0 Å². The third-order valence-corrected chi connectivity index (χ3v) is 2.33. The Hall–Kier alpha value is -1.53. The molecule has 16 heavy (non-hydrogen) atoms. The number of hydrogen-bond donors (Lipinski definition) is 0. The van der Waals surface area contributed by atoms with Gasteiger partial charge in [0.25, 0.3) is 0 Å². The Bertz CT molecular complexity index is 435. The molecule has 0 aliphatic carbocycles. The summed E-state index contributed by atoms with van der Waals surface area (Å²) in [6.07, 6.45) is -2.90. The molecule has 88 valence electrons. The van der Waals surface area contributed by atoms with E-state index in [0.717, 1.165) is 12.8 Å². The molecule has 2 heterocycles. The fourth-order valence-electron chi connectivity index (χ4n) is 1.58. The lowest BCUT2D eigenvalue weighted by atomic mass is 10.4. The van der Waals surface area contributed by atoms with Crippen LogP contribution in [0.4, 0.5) is 19.2 Å². The number of hydrogen-bond acceptors (Lipinski definition) is 4. The summed E-state index contributed by atoms with van der Waals surface area (Å²) in [7, 11) is 0. The minimum absolute atomic E-state index is 0.239. The Morgan fingerprint density at radius 3 is 2.50 bits per heavy atom. The van der Waals surface area contributed by atoms with Gasteiger partial charge in [-0.05, 0) is 12.8 Å². The lowest BCUT2D eigenvalue weighted by Crippen LogP contribution is -2.23. The second-order valence-corrected chi connectivity index (χ2v) is 3.54. The molecule has 1 aromatic rings.